The Morgan fingerprint density at radius 3 is 2.64 bits per heavy atom. The minimum Gasteiger partial charge on any atom is -0.396 e. The number of nitrogens with zero attached hydrogens (tertiary/aromatic N) is 3. The molecule has 1 aromatic heterocycles. The number of nitrogens with two attached hydrogens (primary N) is 1. The molecule has 1 saturated heterocycles. The number of nitrogen functional groups attached to an aromatic ring is 1. The zero-order valence-electron chi connectivity index (χ0n) is 16.0. The molecule has 1 aliphatic heterocycles. The van der Waals surface area contributed by atoms with Crippen LogP contribution in [0.4, 0.5) is 18.9 Å². The van der Waals surface area contributed by atoms with E-state index in [9.17, 15) is 13.2 Å². The maximum atomic E-state index is 14.3. The number of benzene rings is 1. The fourth-order valence-electron chi connectivity index (χ4n) is 3.58. The first-order valence-electron chi connectivity index (χ1n) is 9.33. The third-order valence-electron chi connectivity index (χ3n) is 5.05. The first-order valence-corrected chi connectivity index (χ1v) is 9.33. The summed E-state index contributed by atoms with van der Waals surface area (Å²) in [7, 11) is 1.80. The largest absolute Gasteiger partial charge is 0.396 e. The summed E-state index contributed by atoms with van der Waals surface area (Å²) in [5.41, 5.74) is 8.97. The standard InChI is InChI=1S/C20H26F3N5/c1-13(26-17-3-5-28(6-4-17)12-19(22)23)7-15-8-14(9-18(21)20(15)24)16-10-25-27(2)11-16/h8-11,17,19,26H,1,3-7,12,24H2,2H3. The van der Waals surface area contributed by atoms with Gasteiger partial charge in [-0.05, 0) is 36.1 Å². The van der Waals surface area contributed by atoms with Gasteiger partial charge in [0.15, 0.2) is 0 Å². The van der Waals surface area contributed by atoms with Crippen molar-refractivity contribution < 1.29 is 13.2 Å². The molecule has 5 nitrogen and oxygen atoms in total. The summed E-state index contributed by atoms with van der Waals surface area (Å²) in [6, 6.07) is 3.44. The molecule has 3 rings (SSSR count). The van der Waals surface area contributed by atoms with Crippen molar-refractivity contribution in [1.82, 2.24) is 20.0 Å². The normalized spacial score (nSPS) is 15.9. The fraction of sp³-hybridized carbons (Fsp3) is 0.450. The summed E-state index contributed by atoms with van der Waals surface area (Å²) < 4.78 is 40.9. The number of rotatable bonds is 7. The number of nitrogens with one attached hydrogen (secondary N) is 1. The van der Waals surface area contributed by atoms with E-state index in [4.69, 9.17) is 5.73 Å². The summed E-state index contributed by atoms with van der Waals surface area (Å²) in [5, 5.41) is 7.47. The Morgan fingerprint density at radius 1 is 1.32 bits per heavy atom. The van der Waals surface area contributed by atoms with Gasteiger partial charge >= 0.3 is 0 Å². The van der Waals surface area contributed by atoms with Gasteiger partial charge in [-0.15, -0.1) is 0 Å². The smallest absolute Gasteiger partial charge is 0.251 e. The van der Waals surface area contributed by atoms with E-state index in [0.717, 1.165) is 24.1 Å². The lowest BCUT2D eigenvalue weighted by molar-refractivity contribution is 0.0738. The van der Waals surface area contributed by atoms with E-state index < -0.39 is 12.2 Å². The predicted octanol–water partition coefficient (Wildman–Crippen LogP) is 3.18. The minimum absolute atomic E-state index is 0.113. The molecule has 0 spiro atoms. The van der Waals surface area contributed by atoms with Crippen molar-refractivity contribution in [1.29, 1.82) is 0 Å². The summed E-state index contributed by atoms with van der Waals surface area (Å²) in [6.45, 7) is 5.13. The van der Waals surface area contributed by atoms with Crippen LogP contribution in [-0.4, -0.2) is 46.8 Å². The van der Waals surface area contributed by atoms with Crippen molar-refractivity contribution in [3.63, 3.8) is 0 Å². The summed E-state index contributed by atoms with van der Waals surface area (Å²) in [4.78, 5) is 1.77. The molecule has 1 aromatic carbocycles. The van der Waals surface area contributed by atoms with Gasteiger partial charge in [0.1, 0.15) is 5.82 Å². The Kier molecular flexibility index (Phi) is 6.28. The number of hydrogen-bond acceptors (Lipinski definition) is 4. The second-order valence-corrected chi connectivity index (χ2v) is 7.32. The number of hydrogen-bond donors (Lipinski definition) is 2. The minimum atomic E-state index is -2.30. The zero-order valence-corrected chi connectivity index (χ0v) is 16.0. The number of alkyl halides is 2. The van der Waals surface area contributed by atoms with Crippen molar-refractivity contribution in [3.05, 3.63) is 48.2 Å². The van der Waals surface area contributed by atoms with E-state index in [1.54, 1.807) is 22.8 Å². The van der Waals surface area contributed by atoms with Crippen LogP contribution < -0.4 is 11.1 Å². The van der Waals surface area contributed by atoms with Gasteiger partial charge in [-0.2, -0.15) is 5.10 Å². The highest BCUT2D eigenvalue weighted by Gasteiger charge is 2.21. The van der Waals surface area contributed by atoms with Crippen molar-refractivity contribution >= 4 is 5.69 Å². The number of aryl methyl sites for hydroxylation is 1. The Bertz CT molecular complexity index is 825. The lowest BCUT2D eigenvalue weighted by Gasteiger charge is -2.33. The van der Waals surface area contributed by atoms with Crippen LogP contribution in [-0.2, 0) is 13.5 Å². The van der Waals surface area contributed by atoms with Gasteiger partial charge in [0.25, 0.3) is 6.43 Å². The first-order chi connectivity index (χ1) is 13.3. The second-order valence-electron chi connectivity index (χ2n) is 7.32. The Morgan fingerprint density at radius 2 is 2.04 bits per heavy atom. The zero-order chi connectivity index (χ0) is 20.3. The van der Waals surface area contributed by atoms with Crippen LogP contribution >= 0.6 is 0 Å². The van der Waals surface area contributed by atoms with Crippen LogP contribution in [0.15, 0.2) is 36.8 Å². The van der Waals surface area contributed by atoms with Gasteiger partial charge in [-0.3, -0.25) is 9.58 Å². The molecule has 1 aliphatic rings. The summed E-state index contributed by atoms with van der Waals surface area (Å²) >= 11 is 0. The molecule has 0 amide bonds. The molecule has 0 bridgehead atoms. The number of aromatic nitrogens is 2. The lowest BCUT2D eigenvalue weighted by atomic mass is 9.99. The van der Waals surface area contributed by atoms with Gasteiger partial charge in [0, 0.05) is 50.1 Å². The number of halogens is 3. The van der Waals surface area contributed by atoms with Crippen molar-refractivity contribution in [2.45, 2.75) is 31.7 Å². The molecule has 28 heavy (non-hydrogen) atoms. The van der Waals surface area contributed by atoms with E-state index in [-0.39, 0.29) is 18.3 Å². The quantitative estimate of drug-likeness (QED) is 0.710. The molecule has 8 heteroatoms. The molecule has 152 valence electrons. The Hall–Kier alpha value is -2.48. The van der Waals surface area contributed by atoms with Crippen molar-refractivity contribution in [3.8, 4) is 11.1 Å². The van der Waals surface area contributed by atoms with Gasteiger partial charge in [-0.25, -0.2) is 13.2 Å². The fourth-order valence-corrected chi connectivity index (χ4v) is 3.58. The average Bonchev–Trinajstić information content (AvgIpc) is 3.06. The first kappa shape index (κ1) is 20.3. The number of likely N-dealkylation sites (tertiary alicyclic amines) is 1. The molecule has 0 atom stereocenters. The van der Waals surface area contributed by atoms with E-state index in [1.165, 1.54) is 6.07 Å². The van der Waals surface area contributed by atoms with E-state index in [1.807, 2.05) is 12.3 Å². The van der Waals surface area contributed by atoms with Crippen LogP contribution in [0.3, 0.4) is 0 Å². The van der Waals surface area contributed by atoms with Crippen LogP contribution in [0.1, 0.15) is 18.4 Å². The number of piperidine rings is 1. The Labute approximate surface area is 163 Å². The molecule has 0 aliphatic carbocycles. The SMILES string of the molecule is C=C(Cc1cc(-c2cnn(C)c2)cc(F)c1N)NC1CCN(CC(F)F)CC1. The Balaban J connectivity index is 1.62. The predicted molar refractivity (Wildman–Crippen MR) is 104 cm³/mol. The number of anilines is 1. The van der Waals surface area contributed by atoms with Gasteiger partial charge in [0.05, 0.1) is 18.4 Å². The molecule has 0 unspecified atom stereocenters. The molecule has 2 heterocycles. The summed E-state index contributed by atoms with van der Waals surface area (Å²) in [5.74, 6) is -0.468. The number of allylic oxidation sites excluding steroid dienone is 1. The van der Waals surface area contributed by atoms with Crippen LogP contribution in [0.5, 0.6) is 0 Å². The molecule has 1 fully saturated rings. The molecular weight excluding hydrogens is 367 g/mol. The maximum Gasteiger partial charge on any atom is 0.251 e. The van der Waals surface area contributed by atoms with Gasteiger partial charge < -0.3 is 11.1 Å². The van der Waals surface area contributed by atoms with E-state index in [0.29, 0.717) is 30.6 Å². The van der Waals surface area contributed by atoms with Crippen LogP contribution in [0.2, 0.25) is 0 Å². The summed E-state index contributed by atoms with van der Waals surface area (Å²) in [6.07, 6.45) is 3.12. The average molecular weight is 393 g/mol. The lowest BCUT2D eigenvalue weighted by Crippen LogP contribution is -2.43. The van der Waals surface area contributed by atoms with E-state index in [2.05, 4.69) is 17.0 Å². The maximum absolute atomic E-state index is 14.3. The molecule has 3 N–H and O–H groups in total. The third kappa shape index (κ3) is 5.07. The van der Waals surface area contributed by atoms with Gasteiger partial charge in [0.2, 0.25) is 0 Å². The highest BCUT2D eigenvalue weighted by molar-refractivity contribution is 5.67. The molecule has 0 radical (unpaired) electrons. The van der Waals surface area contributed by atoms with Gasteiger partial charge in [-0.1, -0.05) is 6.58 Å². The molecule has 0 saturated carbocycles. The highest BCUT2D eigenvalue weighted by Crippen LogP contribution is 2.27. The third-order valence-corrected chi connectivity index (χ3v) is 5.05. The molecular formula is C20H26F3N5. The highest BCUT2D eigenvalue weighted by atomic mass is 19.3. The second kappa shape index (κ2) is 8.68. The van der Waals surface area contributed by atoms with E-state index >= 15 is 0 Å². The van der Waals surface area contributed by atoms with Crippen LogP contribution in [0.25, 0.3) is 11.1 Å². The molecule has 2 aromatic rings. The topological polar surface area (TPSA) is 59.1 Å². The van der Waals surface area contributed by atoms with Crippen molar-refractivity contribution in [2.24, 2.45) is 7.05 Å². The van der Waals surface area contributed by atoms with Crippen molar-refractivity contribution in [2.75, 3.05) is 25.4 Å². The monoisotopic (exact) mass is 393 g/mol. The van der Waals surface area contributed by atoms with Crippen LogP contribution in [0, 0.1) is 5.82 Å².